The minimum atomic E-state index is -0.822. The van der Waals surface area contributed by atoms with Crippen molar-refractivity contribution >= 4 is 28.4 Å². The van der Waals surface area contributed by atoms with Gasteiger partial charge in [0, 0.05) is 55.8 Å². The molecule has 0 bridgehead atoms. The van der Waals surface area contributed by atoms with Crippen molar-refractivity contribution in [2.45, 2.75) is 18.0 Å². The molecule has 4 aliphatic rings. The Bertz CT molecular complexity index is 1210. The molecule has 2 aromatic rings. The lowest BCUT2D eigenvalue weighted by Gasteiger charge is -2.31. The van der Waals surface area contributed by atoms with E-state index in [1.54, 1.807) is 0 Å². The Morgan fingerprint density at radius 1 is 1.12 bits per heavy atom. The third-order valence-electron chi connectivity index (χ3n) is 7.95. The molecule has 4 heterocycles. The molecule has 0 aliphatic carbocycles. The summed E-state index contributed by atoms with van der Waals surface area (Å²) < 4.78 is 5.42. The van der Waals surface area contributed by atoms with Crippen LogP contribution in [0.15, 0.2) is 41.5 Å². The second-order valence-corrected chi connectivity index (χ2v) is 9.48. The Balaban J connectivity index is 1.37. The number of carbonyl (C=O) groups is 2. The van der Waals surface area contributed by atoms with Crippen LogP contribution in [0.5, 0.6) is 0 Å². The molecule has 0 saturated carbocycles. The SMILES string of the molecule is [N-]=[N+]=Nc1ccc([C@H]2C[C@@H]3CNC[C@@]34C(=O)N(CCN3CCOCC3)C(=O)N24)c2ccccc12. The summed E-state index contributed by atoms with van der Waals surface area (Å²) in [7, 11) is 0. The summed E-state index contributed by atoms with van der Waals surface area (Å²) in [6.07, 6.45) is 0.729. The lowest BCUT2D eigenvalue weighted by Crippen LogP contribution is -2.51. The molecular weight excluding hydrogens is 434 g/mol. The molecule has 3 atom stereocenters. The number of urea groups is 1. The van der Waals surface area contributed by atoms with Crippen LogP contribution in [0.4, 0.5) is 10.5 Å². The third kappa shape index (κ3) is 3.03. The van der Waals surface area contributed by atoms with E-state index in [1.807, 2.05) is 41.3 Å². The molecule has 0 radical (unpaired) electrons. The fourth-order valence-electron chi connectivity index (χ4n) is 6.33. The number of nitrogens with one attached hydrogen (secondary N) is 1. The summed E-state index contributed by atoms with van der Waals surface area (Å²) in [5.74, 6) is -0.00355. The van der Waals surface area contributed by atoms with E-state index in [-0.39, 0.29) is 23.9 Å². The molecule has 2 aromatic carbocycles. The molecule has 3 amide bonds. The zero-order valence-electron chi connectivity index (χ0n) is 18.9. The molecule has 0 aromatic heterocycles. The Kier molecular flexibility index (Phi) is 5.18. The predicted octanol–water partition coefficient (Wildman–Crippen LogP) is 2.78. The topological polar surface area (TPSA) is 114 Å². The Labute approximate surface area is 197 Å². The molecule has 6 rings (SSSR count). The van der Waals surface area contributed by atoms with Crippen molar-refractivity contribution in [3.05, 3.63) is 52.4 Å². The van der Waals surface area contributed by atoms with Crippen LogP contribution in [0.3, 0.4) is 0 Å². The van der Waals surface area contributed by atoms with Gasteiger partial charge in [0.25, 0.3) is 5.91 Å². The largest absolute Gasteiger partial charge is 0.379 e. The van der Waals surface area contributed by atoms with Crippen LogP contribution in [0.1, 0.15) is 18.0 Å². The molecule has 10 nitrogen and oxygen atoms in total. The fraction of sp³-hybridized carbons (Fsp3) is 0.500. The first-order valence-electron chi connectivity index (χ1n) is 11.9. The van der Waals surface area contributed by atoms with E-state index >= 15 is 0 Å². The van der Waals surface area contributed by atoms with Gasteiger partial charge in [-0.2, -0.15) is 0 Å². The summed E-state index contributed by atoms with van der Waals surface area (Å²) >= 11 is 0. The van der Waals surface area contributed by atoms with E-state index in [1.165, 1.54) is 4.90 Å². The zero-order chi connectivity index (χ0) is 23.3. The average Bonchev–Trinajstić information content (AvgIpc) is 3.47. The van der Waals surface area contributed by atoms with Crippen LogP contribution in [-0.2, 0) is 9.53 Å². The van der Waals surface area contributed by atoms with Gasteiger partial charge in [-0.3, -0.25) is 14.6 Å². The van der Waals surface area contributed by atoms with Crippen LogP contribution >= 0.6 is 0 Å². The Hall–Kier alpha value is -3.17. The summed E-state index contributed by atoms with van der Waals surface area (Å²) in [5, 5.41) is 9.02. The predicted molar refractivity (Wildman–Crippen MR) is 125 cm³/mol. The second kappa shape index (κ2) is 8.25. The number of hydrogen-bond acceptors (Lipinski definition) is 6. The number of amides is 3. The number of nitrogens with zero attached hydrogens (tertiary/aromatic N) is 6. The van der Waals surface area contributed by atoms with E-state index in [0.717, 1.165) is 42.4 Å². The molecule has 10 heteroatoms. The first-order chi connectivity index (χ1) is 16.6. The van der Waals surface area contributed by atoms with Crippen LogP contribution in [0.25, 0.3) is 21.2 Å². The van der Waals surface area contributed by atoms with E-state index in [9.17, 15) is 9.59 Å². The van der Waals surface area contributed by atoms with Gasteiger partial charge in [-0.05, 0) is 28.3 Å². The normalized spacial score (nSPS) is 28.9. The Morgan fingerprint density at radius 2 is 1.91 bits per heavy atom. The number of fused-ring (bicyclic) bond motifs is 1. The summed E-state index contributed by atoms with van der Waals surface area (Å²) in [6, 6.07) is 11.2. The lowest BCUT2D eigenvalue weighted by molar-refractivity contribution is -0.133. The van der Waals surface area contributed by atoms with Crippen LogP contribution in [0, 0.1) is 5.92 Å². The lowest BCUT2D eigenvalue weighted by atomic mass is 9.87. The van der Waals surface area contributed by atoms with Gasteiger partial charge < -0.3 is 15.0 Å². The number of ether oxygens (including phenoxy) is 1. The first kappa shape index (κ1) is 21.4. The molecule has 4 fully saturated rings. The highest BCUT2D eigenvalue weighted by Crippen LogP contribution is 2.54. The molecule has 1 spiro atoms. The van der Waals surface area contributed by atoms with Gasteiger partial charge in [-0.1, -0.05) is 41.5 Å². The van der Waals surface area contributed by atoms with Crippen molar-refractivity contribution in [3.8, 4) is 0 Å². The summed E-state index contributed by atoms with van der Waals surface area (Å²) in [5.41, 5.74) is 9.71. The monoisotopic (exact) mass is 461 g/mol. The number of hydrogen-bond donors (Lipinski definition) is 1. The van der Waals surface area contributed by atoms with E-state index in [4.69, 9.17) is 10.3 Å². The van der Waals surface area contributed by atoms with Crippen LogP contribution in [-0.4, -0.2) is 84.7 Å². The minimum absolute atomic E-state index is 0.0675. The Morgan fingerprint density at radius 3 is 2.71 bits per heavy atom. The van der Waals surface area contributed by atoms with E-state index in [2.05, 4.69) is 20.2 Å². The van der Waals surface area contributed by atoms with Crippen molar-refractivity contribution < 1.29 is 14.3 Å². The molecule has 1 N–H and O–H groups in total. The van der Waals surface area contributed by atoms with Gasteiger partial charge in [-0.15, -0.1) is 0 Å². The molecule has 34 heavy (non-hydrogen) atoms. The summed E-state index contributed by atoms with van der Waals surface area (Å²) in [6.45, 7) is 5.28. The van der Waals surface area contributed by atoms with Crippen LogP contribution < -0.4 is 5.32 Å². The van der Waals surface area contributed by atoms with E-state index in [0.29, 0.717) is 38.5 Å². The maximum atomic E-state index is 13.8. The zero-order valence-corrected chi connectivity index (χ0v) is 18.9. The molecule has 176 valence electrons. The highest BCUT2D eigenvalue weighted by atomic mass is 16.5. The van der Waals surface area contributed by atoms with Gasteiger partial charge in [0.15, 0.2) is 0 Å². The van der Waals surface area contributed by atoms with Gasteiger partial charge in [0.1, 0.15) is 5.54 Å². The van der Waals surface area contributed by atoms with Crippen molar-refractivity contribution in [2.75, 3.05) is 52.5 Å². The molecule has 4 saturated heterocycles. The third-order valence-corrected chi connectivity index (χ3v) is 7.95. The number of benzene rings is 2. The van der Waals surface area contributed by atoms with Crippen molar-refractivity contribution in [3.63, 3.8) is 0 Å². The average molecular weight is 462 g/mol. The molecular formula is C24H27N7O3. The van der Waals surface area contributed by atoms with E-state index < -0.39 is 5.54 Å². The number of rotatable bonds is 5. The second-order valence-electron chi connectivity index (χ2n) is 9.48. The van der Waals surface area contributed by atoms with Crippen molar-refractivity contribution in [2.24, 2.45) is 11.0 Å². The van der Waals surface area contributed by atoms with Gasteiger partial charge in [-0.25, -0.2) is 4.79 Å². The molecule has 4 aliphatic heterocycles. The minimum Gasteiger partial charge on any atom is -0.379 e. The number of imide groups is 1. The van der Waals surface area contributed by atoms with Gasteiger partial charge in [0.2, 0.25) is 0 Å². The smallest absolute Gasteiger partial charge is 0.328 e. The van der Waals surface area contributed by atoms with Gasteiger partial charge in [0.05, 0.1) is 19.3 Å². The summed E-state index contributed by atoms with van der Waals surface area (Å²) in [4.78, 5) is 36.1. The first-order valence-corrected chi connectivity index (χ1v) is 11.9. The fourth-order valence-corrected chi connectivity index (χ4v) is 6.33. The van der Waals surface area contributed by atoms with Crippen molar-refractivity contribution in [1.29, 1.82) is 0 Å². The van der Waals surface area contributed by atoms with Crippen molar-refractivity contribution in [1.82, 2.24) is 20.0 Å². The van der Waals surface area contributed by atoms with Crippen LogP contribution in [0.2, 0.25) is 0 Å². The number of carbonyl (C=O) groups excluding carboxylic acids is 2. The number of azide groups is 1. The highest BCUT2D eigenvalue weighted by Gasteiger charge is 2.68. The standard InChI is InChI=1S/C24H27N7O3/c25-28-27-20-6-5-19(17-3-1-2-4-18(17)20)21-13-16-14-26-15-24(16)22(32)30(23(33)31(21)24)8-7-29-9-11-34-12-10-29/h1-6,16,21,26H,7-15H2/t16-,21-,24+/m1/s1. The highest BCUT2D eigenvalue weighted by molar-refractivity contribution is 6.09. The number of morpholine rings is 1. The van der Waals surface area contributed by atoms with Gasteiger partial charge >= 0.3 is 6.03 Å². The quantitative estimate of drug-likeness (QED) is 0.318. The molecule has 0 unspecified atom stereocenters. The maximum Gasteiger partial charge on any atom is 0.328 e. The maximum absolute atomic E-state index is 13.8.